The lowest BCUT2D eigenvalue weighted by molar-refractivity contribution is -0.140. The van der Waals surface area contributed by atoms with E-state index in [9.17, 15) is 9.59 Å². The van der Waals surface area contributed by atoms with Crippen molar-refractivity contribution in [1.29, 1.82) is 0 Å². The molecule has 3 aliphatic rings. The molecule has 4 heteroatoms. The minimum atomic E-state index is 0.315. The molecule has 0 atom stereocenters. The molecule has 0 radical (unpaired) electrons. The summed E-state index contributed by atoms with van der Waals surface area (Å²) < 4.78 is 0. The summed E-state index contributed by atoms with van der Waals surface area (Å²) in [6.45, 7) is 2.95. The summed E-state index contributed by atoms with van der Waals surface area (Å²) in [7, 11) is 0. The Bertz CT molecular complexity index is 352. The SMILES string of the molecule is O=C(CC1CCCC1)N1CCN(C(=O)CC2CCCC2)CC1. The summed E-state index contributed by atoms with van der Waals surface area (Å²) in [5, 5.41) is 0. The van der Waals surface area contributed by atoms with Crippen molar-refractivity contribution in [1.82, 2.24) is 9.80 Å². The van der Waals surface area contributed by atoms with Gasteiger partial charge in [-0.2, -0.15) is 0 Å². The Balaban J connectivity index is 1.39. The largest absolute Gasteiger partial charge is 0.339 e. The van der Waals surface area contributed by atoms with Gasteiger partial charge in [0.2, 0.25) is 11.8 Å². The summed E-state index contributed by atoms with van der Waals surface area (Å²) in [5.41, 5.74) is 0. The number of carbonyl (C=O) groups is 2. The molecule has 0 unspecified atom stereocenters. The van der Waals surface area contributed by atoms with Crippen molar-refractivity contribution < 1.29 is 9.59 Å². The highest BCUT2D eigenvalue weighted by Crippen LogP contribution is 2.29. The molecule has 2 aliphatic carbocycles. The van der Waals surface area contributed by atoms with Crippen LogP contribution in [-0.4, -0.2) is 47.8 Å². The normalized spacial score (nSPS) is 24.2. The van der Waals surface area contributed by atoms with Crippen LogP contribution in [0.25, 0.3) is 0 Å². The predicted molar refractivity (Wildman–Crippen MR) is 86.3 cm³/mol. The molecule has 1 saturated heterocycles. The number of carbonyl (C=O) groups excluding carboxylic acids is 2. The zero-order chi connectivity index (χ0) is 15.4. The van der Waals surface area contributed by atoms with E-state index in [1.165, 1.54) is 51.4 Å². The van der Waals surface area contributed by atoms with Crippen molar-refractivity contribution in [3.8, 4) is 0 Å². The van der Waals surface area contributed by atoms with Crippen LogP contribution in [0.3, 0.4) is 0 Å². The molecule has 124 valence electrons. The summed E-state index contributed by atoms with van der Waals surface area (Å²) in [5.74, 6) is 1.87. The van der Waals surface area contributed by atoms with Gasteiger partial charge in [0, 0.05) is 39.0 Å². The third kappa shape index (κ3) is 4.02. The second-order valence-electron chi connectivity index (χ2n) is 7.47. The third-order valence-corrected chi connectivity index (χ3v) is 5.86. The fraction of sp³-hybridized carbons (Fsp3) is 0.889. The Kier molecular flexibility index (Phi) is 5.37. The van der Waals surface area contributed by atoms with E-state index >= 15 is 0 Å². The zero-order valence-corrected chi connectivity index (χ0v) is 13.8. The molecule has 1 heterocycles. The smallest absolute Gasteiger partial charge is 0.222 e. The van der Waals surface area contributed by atoms with Gasteiger partial charge in [-0.3, -0.25) is 9.59 Å². The van der Waals surface area contributed by atoms with Gasteiger partial charge in [-0.15, -0.1) is 0 Å². The van der Waals surface area contributed by atoms with E-state index < -0.39 is 0 Å². The molecule has 2 amide bonds. The topological polar surface area (TPSA) is 40.6 Å². The highest BCUT2D eigenvalue weighted by atomic mass is 16.2. The van der Waals surface area contributed by atoms with Crippen LogP contribution in [0.5, 0.6) is 0 Å². The molecule has 22 heavy (non-hydrogen) atoms. The lowest BCUT2D eigenvalue weighted by Crippen LogP contribution is -2.51. The summed E-state index contributed by atoms with van der Waals surface area (Å²) in [4.78, 5) is 28.6. The highest BCUT2D eigenvalue weighted by Gasteiger charge is 2.28. The molecule has 3 fully saturated rings. The summed E-state index contributed by atoms with van der Waals surface area (Å²) >= 11 is 0. The minimum Gasteiger partial charge on any atom is -0.339 e. The molecule has 0 aromatic rings. The van der Waals surface area contributed by atoms with E-state index in [4.69, 9.17) is 0 Å². The van der Waals surface area contributed by atoms with Crippen LogP contribution >= 0.6 is 0 Å². The maximum absolute atomic E-state index is 12.3. The molecule has 2 saturated carbocycles. The quantitative estimate of drug-likeness (QED) is 0.801. The minimum absolute atomic E-state index is 0.315. The van der Waals surface area contributed by atoms with E-state index in [2.05, 4.69) is 0 Å². The first-order valence-corrected chi connectivity index (χ1v) is 9.28. The van der Waals surface area contributed by atoms with Crippen molar-refractivity contribution in [3.05, 3.63) is 0 Å². The van der Waals surface area contributed by atoms with Crippen LogP contribution in [0.1, 0.15) is 64.2 Å². The molecule has 3 rings (SSSR count). The predicted octanol–water partition coefficient (Wildman–Crippen LogP) is 2.82. The van der Waals surface area contributed by atoms with Crippen LogP contribution < -0.4 is 0 Å². The second-order valence-corrected chi connectivity index (χ2v) is 7.47. The second kappa shape index (κ2) is 7.47. The van der Waals surface area contributed by atoms with Gasteiger partial charge in [0.15, 0.2) is 0 Å². The fourth-order valence-corrected chi connectivity index (χ4v) is 4.39. The fourth-order valence-electron chi connectivity index (χ4n) is 4.39. The van der Waals surface area contributed by atoms with Crippen molar-refractivity contribution in [2.24, 2.45) is 11.8 Å². The molecule has 0 aromatic carbocycles. The van der Waals surface area contributed by atoms with E-state index in [1.54, 1.807) is 0 Å². The van der Waals surface area contributed by atoms with Gasteiger partial charge in [0.1, 0.15) is 0 Å². The average Bonchev–Trinajstić information content (AvgIpc) is 3.21. The van der Waals surface area contributed by atoms with Gasteiger partial charge in [-0.1, -0.05) is 25.7 Å². The van der Waals surface area contributed by atoms with Crippen molar-refractivity contribution in [2.45, 2.75) is 64.2 Å². The van der Waals surface area contributed by atoms with Crippen LogP contribution in [0, 0.1) is 11.8 Å². The van der Waals surface area contributed by atoms with Gasteiger partial charge in [-0.25, -0.2) is 0 Å². The Morgan fingerprint density at radius 3 is 1.27 bits per heavy atom. The summed E-state index contributed by atoms with van der Waals surface area (Å²) in [6.07, 6.45) is 11.5. The Hall–Kier alpha value is -1.06. The number of piperazine rings is 1. The average molecular weight is 306 g/mol. The molecule has 0 spiro atoms. The Morgan fingerprint density at radius 1 is 0.636 bits per heavy atom. The van der Waals surface area contributed by atoms with Crippen LogP contribution in [-0.2, 0) is 9.59 Å². The van der Waals surface area contributed by atoms with Gasteiger partial charge in [0.05, 0.1) is 0 Å². The lowest BCUT2D eigenvalue weighted by Gasteiger charge is -2.35. The molecular formula is C18H30N2O2. The zero-order valence-electron chi connectivity index (χ0n) is 13.8. The van der Waals surface area contributed by atoms with Gasteiger partial charge >= 0.3 is 0 Å². The Labute approximate surface area is 134 Å². The molecule has 0 N–H and O–H groups in total. The van der Waals surface area contributed by atoms with E-state index in [0.29, 0.717) is 23.7 Å². The van der Waals surface area contributed by atoms with Crippen molar-refractivity contribution in [3.63, 3.8) is 0 Å². The maximum Gasteiger partial charge on any atom is 0.222 e. The Morgan fingerprint density at radius 2 is 0.955 bits per heavy atom. The van der Waals surface area contributed by atoms with Crippen LogP contribution in [0.15, 0.2) is 0 Å². The van der Waals surface area contributed by atoms with Crippen molar-refractivity contribution in [2.75, 3.05) is 26.2 Å². The molecule has 0 aromatic heterocycles. The third-order valence-electron chi connectivity index (χ3n) is 5.86. The first-order valence-electron chi connectivity index (χ1n) is 9.28. The first kappa shape index (κ1) is 15.8. The number of rotatable bonds is 4. The molecule has 4 nitrogen and oxygen atoms in total. The molecule has 0 bridgehead atoms. The van der Waals surface area contributed by atoms with Crippen LogP contribution in [0.4, 0.5) is 0 Å². The number of amides is 2. The van der Waals surface area contributed by atoms with Gasteiger partial charge < -0.3 is 9.80 Å². The van der Waals surface area contributed by atoms with E-state index in [1.807, 2.05) is 9.80 Å². The first-order chi connectivity index (χ1) is 10.7. The molecule has 1 aliphatic heterocycles. The van der Waals surface area contributed by atoms with E-state index in [-0.39, 0.29) is 0 Å². The van der Waals surface area contributed by atoms with Gasteiger partial charge in [-0.05, 0) is 37.5 Å². The lowest BCUT2D eigenvalue weighted by atomic mass is 10.0. The standard InChI is InChI=1S/C18H30N2O2/c21-17(13-15-5-1-2-6-15)19-9-11-20(12-10-19)18(22)14-16-7-3-4-8-16/h15-16H,1-14H2. The monoisotopic (exact) mass is 306 g/mol. The number of hydrogen-bond acceptors (Lipinski definition) is 2. The number of nitrogens with zero attached hydrogens (tertiary/aromatic N) is 2. The summed E-state index contributed by atoms with van der Waals surface area (Å²) in [6, 6.07) is 0. The van der Waals surface area contributed by atoms with E-state index in [0.717, 1.165) is 39.0 Å². The highest BCUT2D eigenvalue weighted by molar-refractivity contribution is 5.78. The molecular weight excluding hydrogens is 276 g/mol. The maximum atomic E-state index is 12.3. The number of hydrogen-bond donors (Lipinski definition) is 0. The van der Waals surface area contributed by atoms with Crippen molar-refractivity contribution >= 4 is 11.8 Å². The van der Waals surface area contributed by atoms with Crippen LogP contribution in [0.2, 0.25) is 0 Å². The van der Waals surface area contributed by atoms with Gasteiger partial charge in [0.25, 0.3) is 0 Å².